The van der Waals surface area contributed by atoms with Gasteiger partial charge in [0, 0.05) is 43.5 Å². The maximum absolute atomic E-state index is 13.4. The second kappa shape index (κ2) is 6.54. The molecule has 27 heavy (non-hydrogen) atoms. The number of hydrogen-bond donors (Lipinski definition) is 0. The number of rotatable bonds is 3. The smallest absolute Gasteiger partial charge is 0.243 e. The van der Waals surface area contributed by atoms with E-state index in [1.54, 1.807) is 6.20 Å². The van der Waals surface area contributed by atoms with E-state index in [1.165, 1.54) is 4.31 Å². The number of nitrogens with zero attached hydrogens (tertiary/aromatic N) is 3. The molecule has 1 aromatic carbocycles. The molecule has 0 unspecified atom stereocenters. The van der Waals surface area contributed by atoms with E-state index in [-0.39, 0.29) is 18.0 Å². The first-order chi connectivity index (χ1) is 12.9. The molecule has 0 saturated heterocycles. The zero-order valence-corrected chi connectivity index (χ0v) is 15.4. The lowest BCUT2D eigenvalue weighted by Crippen LogP contribution is -2.34. The van der Waals surface area contributed by atoms with E-state index in [0.29, 0.717) is 6.42 Å². The van der Waals surface area contributed by atoms with E-state index < -0.39 is 21.7 Å². The Morgan fingerprint density at radius 1 is 1.15 bits per heavy atom. The minimum Gasteiger partial charge on any atom is -0.335 e. The first-order valence-corrected chi connectivity index (χ1v) is 9.86. The quantitative estimate of drug-likeness (QED) is 0.691. The summed E-state index contributed by atoms with van der Waals surface area (Å²) < 4.78 is 55.1. The van der Waals surface area contributed by atoms with Gasteiger partial charge in [-0.2, -0.15) is 4.31 Å². The van der Waals surface area contributed by atoms with Crippen LogP contribution in [-0.2, 0) is 17.1 Å². The van der Waals surface area contributed by atoms with Crippen molar-refractivity contribution in [2.75, 3.05) is 13.1 Å². The van der Waals surface area contributed by atoms with E-state index in [0.717, 1.165) is 40.4 Å². The highest BCUT2D eigenvalue weighted by Gasteiger charge is 2.28. The summed E-state index contributed by atoms with van der Waals surface area (Å²) in [5, 5.41) is 1.02. The lowest BCUT2D eigenvalue weighted by atomic mass is 10.0. The zero-order chi connectivity index (χ0) is 19.2. The van der Waals surface area contributed by atoms with Gasteiger partial charge in [-0.15, -0.1) is 0 Å². The number of fused-ring (bicyclic) bond motifs is 1. The van der Waals surface area contributed by atoms with Crippen molar-refractivity contribution in [3.63, 3.8) is 0 Å². The fourth-order valence-electron chi connectivity index (χ4n) is 3.37. The monoisotopic (exact) mass is 389 g/mol. The molecular formula is C19H17F2N3O2S. The Morgan fingerprint density at radius 3 is 2.67 bits per heavy atom. The molecular weight excluding hydrogens is 372 g/mol. The van der Waals surface area contributed by atoms with E-state index in [9.17, 15) is 17.2 Å². The standard InChI is InChI=1S/C19H17F2N3O2S/c1-23-12-16(15-3-2-8-22-19(15)23)13-6-9-24(10-7-13)27(25,26)14-4-5-17(20)18(21)11-14/h2-6,8,11-12H,7,9-10H2,1H3. The van der Waals surface area contributed by atoms with Gasteiger partial charge in [0.05, 0.1) is 4.90 Å². The molecule has 0 bridgehead atoms. The van der Waals surface area contributed by atoms with Crippen LogP contribution in [-0.4, -0.2) is 35.4 Å². The second-order valence-electron chi connectivity index (χ2n) is 6.45. The van der Waals surface area contributed by atoms with Crippen LogP contribution in [0.2, 0.25) is 0 Å². The van der Waals surface area contributed by atoms with Gasteiger partial charge >= 0.3 is 0 Å². The van der Waals surface area contributed by atoms with Crippen LogP contribution >= 0.6 is 0 Å². The third-order valence-electron chi connectivity index (χ3n) is 4.78. The molecule has 0 N–H and O–H groups in total. The molecule has 0 radical (unpaired) electrons. The summed E-state index contributed by atoms with van der Waals surface area (Å²) in [6.07, 6.45) is 6.11. The van der Waals surface area contributed by atoms with Crippen LogP contribution < -0.4 is 0 Å². The maximum Gasteiger partial charge on any atom is 0.243 e. The molecule has 2 aromatic heterocycles. The molecule has 0 amide bonds. The number of hydrogen-bond acceptors (Lipinski definition) is 3. The van der Waals surface area contributed by atoms with Gasteiger partial charge in [0.1, 0.15) is 5.65 Å². The molecule has 1 aliphatic rings. The highest BCUT2D eigenvalue weighted by Crippen LogP contribution is 2.31. The van der Waals surface area contributed by atoms with Crippen LogP contribution in [0.4, 0.5) is 8.78 Å². The molecule has 0 fully saturated rings. The molecule has 0 aliphatic carbocycles. The molecule has 5 nitrogen and oxygen atoms in total. The Labute approximate surface area is 155 Å². The largest absolute Gasteiger partial charge is 0.335 e. The predicted octanol–water partition coefficient (Wildman–Crippen LogP) is 3.33. The van der Waals surface area contributed by atoms with Crippen molar-refractivity contribution in [2.45, 2.75) is 11.3 Å². The highest BCUT2D eigenvalue weighted by atomic mass is 32.2. The van der Waals surface area contributed by atoms with E-state index in [2.05, 4.69) is 4.98 Å². The van der Waals surface area contributed by atoms with Crippen molar-refractivity contribution >= 4 is 26.6 Å². The molecule has 140 valence electrons. The fraction of sp³-hybridized carbons (Fsp3) is 0.211. The Bertz CT molecular complexity index is 1170. The number of aryl methyl sites for hydroxylation is 1. The number of halogens is 2. The minimum atomic E-state index is -3.88. The summed E-state index contributed by atoms with van der Waals surface area (Å²) in [5.41, 5.74) is 2.95. The zero-order valence-electron chi connectivity index (χ0n) is 14.6. The van der Waals surface area contributed by atoms with E-state index in [4.69, 9.17) is 0 Å². The van der Waals surface area contributed by atoms with Gasteiger partial charge in [0.15, 0.2) is 11.6 Å². The third kappa shape index (κ3) is 3.04. The summed E-state index contributed by atoms with van der Waals surface area (Å²) in [6.45, 7) is 0.442. The highest BCUT2D eigenvalue weighted by molar-refractivity contribution is 7.89. The van der Waals surface area contributed by atoms with Crippen molar-refractivity contribution in [1.29, 1.82) is 0 Å². The van der Waals surface area contributed by atoms with E-state index >= 15 is 0 Å². The van der Waals surface area contributed by atoms with Crippen molar-refractivity contribution in [2.24, 2.45) is 7.05 Å². The Balaban J connectivity index is 1.63. The topological polar surface area (TPSA) is 55.2 Å². The predicted molar refractivity (Wildman–Crippen MR) is 98.4 cm³/mol. The van der Waals surface area contributed by atoms with Gasteiger partial charge in [-0.25, -0.2) is 22.2 Å². The molecule has 4 rings (SSSR count). The summed E-state index contributed by atoms with van der Waals surface area (Å²) in [4.78, 5) is 4.13. The van der Waals surface area contributed by atoms with Crippen LogP contribution in [0.25, 0.3) is 16.6 Å². The Kier molecular flexibility index (Phi) is 4.32. The van der Waals surface area contributed by atoms with Crippen molar-refractivity contribution in [1.82, 2.24) is 13.9 Å². The van der Waals surface area contributed by atoms with Crippen LogP contribution in [0.5, 0.6) is 0 Å². The van der Waals surface area contributed by atoms with Gasteiger partial charge in [-0.3, -0.25) is 0 Å². The molecule has 8 heteroatoms. The number of benzene rings is 1. The van der Waals surface area contributed by atoms with E-state index in [1.807, 2.05) is 36.0 Å². The molecule has 1 aliphatic heterocycles. The van der Waals surface area contributed by atoms with Gasteiger partial charge in [-0.05, 0) is 42.3 Å². The van der Waals surface area contributed by atoms with Gasteiger partial charge in [0.2, 0.25) is 10.0 Å². The molecule has 0 spiro atoms. The van der Waals surface area contributed by atoms with Crippen LogP contribution in [0.1, 0.15) is 12.0 Å². The Hall–Kier alpha value is -2.58. The molecule has 0 atom stereocenters. The lowest BCUT2D eigenvalue weighted by Gasteiger charge is -2.25. The van der Waals surface area contributed by atoms with Crippen LogP contribution in [0, 0.1) is 11.6 Å². The fourth-order valence-corrected chi connectivity index (χ4v) is 4.76. The van der Waals surface area contributed by atoms with Crippen molar-refractivity contribution < 1.29 is 17.2 Å². The van der Waals surface area contributed by atoms with Crippen molar-refractivity contribution in [3.8, 4) is 0 Å². The second-order valence-corrected chi connectivity index (χ2v) is 8.38. The number of aromatic nitrogens is 2. The van der Waals surface area contributed by atoms with Gasteiger partial charge in [0.25, 0.3) is 0 Å². The first-order valence-electron chi connectivity index (χ1n) is 8.42. The molecule has 0 saturated carbocycles. The molecule has 3 aromatic rings. The number of sulfonamides is 1. The normalized spacial score (nSPS) is 15.9. The summed E-state index contributed by atoms with van der Waals surface area (Å²) in [6, 6.07) is 6.50. The van der Waals surface area contributed by atoms with Crippen LogP contribution in [0.3, 0.4) is 0 Å². The minimum absolute atomic E-state index is 0.174. The average Bonchev–Trinajstić information content (AvgIpc) is 3.01. The summed E-state index contributed by atoms with van der Waals surface area (Å²) in [7, 11) is -1.96. The average molecular weight is 389 g/mol. The summed E-state index contributed by atoms with van der Waals surface area (Å²) >= 11 is 0. The third-order valence-corrected chi connectivity index (χ3v) is 6.64. The van der Waals surface area contributed by atoms with Crippen LogP contribution in [0.15, 0.2) is 53.7 Å². The maximum atomic E-state index is 13.4. The lowest BCUT2D eigenvalue weighted by molar-refractivity contribution is 0.439. The Morgan fingerprint density at radius 2 is 1.96 bits per heavy atom. The first kappa shape index (κ1) is 17.8. The number of pyridine rings is 1. The summed E-state index contributed by atoms with van der Waals surface area (Å²) in [5.74, 6) is -2.24. The SMILES string of the molecule is Cn1cc(C2=CCN(S(=O)(=O)c3ccc(F)c(F)c3)CC2)c2cccnc21. The van der Waals surface area contributed by atoms with Gasteiger partial charge < -0.3 is 4.57 Å². The van der Waals surface area contributed by atoms with Gasteiger partial charge in [-0.1, -0.05) is 6.08 Å². The molecule has 3 heterocycles. The van der Waals surface area contributed by atoms with Crippen molar-refractivity contribution in [3.05, 3.63) is 66.0 Å².